The van der Waals surface area contributed by atoms with Crippen LogP contribution < -0.4 is 23.7 Å². The highest BCUT2D eigenvalue weighted by Gasteiger charge is 2.27. The number of hydrogen-bond donors (Lipinski definition) is 0. The van der Waals surface area contributed by atoms with Gasteiger partial charge in [-0.3, -0.25) is 4.79 Å². The van der Waals surface area contributed by atoms with E-state index in [9.17, 15) is 10.1 Å². The van der Waals surface area contributed by atoms with Crippen LogP contribution in [0.3, 0.4) is 0 Å². The first-order chi connectivity index (χ1) is 14.9. The summed E-state index contributed by atoms with van der Waals surface area (Å²) in [6.07, 6.45) is -0.390. The Labute approximate surface area is 180 Å². The number of esters is 1. The number of ether oxygens (including phenoxy) is 5. The second-order valence-electron chi connectivity index (χ2n) is 6.69. The van der Waals surface area contributed by atoms with E-state index in [0.29, 0.717) is 22.1 Å². The van der Waals surface area contributed by atoms with Crippen molar-refractivity contribution in [2.45, 2.75) is 20.0 Å². The zero-order valence-electron chi connectivity index (χ0n) is 18.0. The van der Waals surface area contributed by atoms with Crippen molar-refractivity contribution in [2.24, 2.45) is 0 Å². The lowest BCUT2D eigenvalue weighted by Crippen LogP contribution is -2.09. The van der Waals surface area contributed by atoms with Crippen molar-refractivity contribution in [3.8, 4) is 34.8 Å². The number of nitriles is 1. The number of carbonyl (C=O) groups is 1. The van der Waals surface area contributed by atoms with Gasteiger partial charge < -0.3 is 23.7 Å². The molecular weight excluding hydrogens is 398 g/mol. The van der Waals surface area contributed by atoms with Gasteiger partial charge >= 0.3 is 5.97 Å². The van der Waals surface area contributed by atoms with Gasteiger partial charge in [-0.05, 0) is 30.7 Å². The van der Waals surface area contributed by atoms with Gasteiger partial charge in [0.2, 0.25) is 11.5 Å². The number of carbonyl (C=O) groups excluding carboxylic acids is 1. The lowest BCUT2D eigenvalue weighted by molar-refractivity contribution is -0.131. The molecule has 1 unspecified atom stereocenters. The number of hydrogen-bond acceptors (Lipinski definition) is 7. The van der Waals surface area contributed by atoms with Gasteiger partial charge in [-0.2, -0.15) is 5.26 Å². The van der Waals surface area contributed by atoms with Crippen LogP contribution in [0, 0.1) is 11.3 Å². The zero-order valence-corrected chi connectivity index (χ0v) is 18.0. The minimum absolute atomic E-state index is 0.170. The monoisotopic (exact) mass is 421 g/mol. The first kappa shape index (κ1) is 21.8. The zero-order chi connectivity index (χ0) is 22.5. The highest BCUT2D eigenvalue weighted by molar-refractivity contribution is 6.03. The molecule has 7 nitrogen and oxygen atoms in total. The van der Waals surface area contributed by atoms with E-state index in [0.717, 1.165) is 11.3 Å². The predicted octanol–water partition coefficient (Wildman–Crippen LogP) is 4.80. The molecule has 0 amide bonds. The Balaban J connectivity index is 2.25. The Morgan fingerprint density at radius 3 is 2.10 bits per heavy atom. The standard InChI is InChI=1S/C24H23NO6/c1-14(16-9-11-18(27-3)12-10-16)30-22-20-17(13-25)7-6-8-19(20)21(31-15(2)26)23(28-4)24(22)29-5/h6-12,14H,1-5H3. The first-order valence-corrected chi connectivity index (χ1v) is 9.54. The van der Waals surface area contributed by atoms with Gasteiger partial charge in [-0.25, -0.2) is 0 Å². The van der Waals surface area contributed by atoms with Crippen LogP contribution >= 0.6 is 0 Å². The minimum Gasteiger partial charge on any atom is -0.497 e. The van der Waals surface area contributed by atoms with Crippen LogP contribution in [0.4, 0.5) is 0 Å². The number of nitrogens with zero attached hydrogens (tertiary/aromatic N) is 1. The Hall–Kier alpha value is -3.92. The summed E-state index contributed by atoms with van der Waals surface area (Å²) >= 11 is 0. The second kappa shape index (κ2) is 9.26. The highest BCUT2D eigenvalue weighted by atomic mass is 16.6. The van der Waals surface area contributed by atoms with Crippen LogP contribution in [0.1, 0.15) is 31.1 Å². The van der Waals surface area contributed by atoms with Crippen molar-refractivity contribution >= 4 is 16.7 Å². The molecule has 0 heterocycles. The molecule has 1 atom stereocenters. The maximum Gasteiger partial charge on any atom is 0.308 e. The van der Waals surface area contributed by atoms with Gasteiger partial charge in [0.05, 0.1) is 33.0 Å². The molecule has 3 aromatic carbocycles. The van der Waals surface area contributed by atoms with Crippen molar-refractivity contribution in [3.05, 3.63) is 53.6 Å². The molecule has 0 spiro atoms. The van der Waals surface area contributed by atoms with E-state index in [-0.39, 0.29) is 23.4 Å². The van der Waals surface area contributed by atoms with Crippen LogP contribution in [-0.4, -0.2) is 27.3 Å². The maximum absolute atomic E-state index is 11.8. The molecule has 0 aliphatic rings. The van der Waals surface area contributed by atoms with Gasteiger partial charge in [0, 0.05) is 17.7 Å². The summed E-state index contributed by atoms with van der Waals surface area (Å²) in [5.41, 5.74) is 1.25. The Kier molecular flexibility index (Phi) is 6.51. The quantitative estimate of drug-likeness (QED) is 0.400. The second-order valence-corrected chi connectivity index (χ2v) is 6.69. The summed E-state index contributed by atoms with van der Waals surface area (Å²) in [5.74, 6) is 1.14. The molecule has 0 saturated heterocycles. The molecule has 0 fully saturated rings. The molecule has 0 aromatic heterocycles. The number of methoxy groups -OCH3 is 3. The van der Waals surface area contributed by atoms with E-state index < -0.39 is 5.97 Å². The van der Waals surface area contributed by atoms with Gasteiger partial charge in [0.15, 0.2) is 11.5 Å². The van der Waals surface area contributed by atoms with Crippen LogP contribution in [-0.2, 0) is 4.79 Å². The average Bonchev–Trinajstić information content (AvgIpc) is 2.79. The smallest absolute Gasteiger partial charge is 0.308 e. The lowest BCUT2D eigenvalue weighted by atomic mass is 10.0. The molecule has 0 aliphatic heterocycles. The van der Waals surface area contributed by atoms with E-state index in [4.69, 9.17) is 23.7 Å². The fourth-order valence-corrected chi connectivity index (χ4v) is 3.37. The van der Waals surface area contributed by atoms with Crippen LogP contribution in [0.5, 0.6) is 28.7 Å². The van der Waals surface area contributed by atoms with E-state index >= 15 is 0 Å². The van der Waals surface area contributed by atoms with E-state index in [1.54, 1.807) is 25.3 Å². The molecule has 0 bridgehead atoms. The van der Waals surface area contributed by atoms with Crippen molar-refractivity contribution < 1.29 is 28.5 Å². The molecule has 3 rings (SSSR count). The van der Waals surface area contributed by atoms with E-state index in [2.05, 4.69) is 6.07 Å². The van der Waals surface area contributed by atoms with Crippen molar-refractivity contribution in [1.82, 2.24) is 0 Å². The van der Waals surface area contributed by atoms with Crippen molar-refractivity contribution in [2.75, 3.05) is 21.3 Å². The van der Waals surface area contributed by atoms with E-state index in [1.165, 1.54) is 21.1 Å². The predicted molar refractivity (Wildman–Crippen MR) is 115 cm³/mol. The summed E-state index contributed by atoms with van der Waals surface area (Å²) in [6.45, 7) is 3.18. The fourth-order valence-electron chi connectivity index (χ4n) is 3.37. The molecule has 0 saturated carbocycles. The van der Waals surface area contributed by atoms with Crippen LogP contribution in [0.15, 0.2) is 42.5 Å². The SMILES string of the molecule is COc1ccc(C(C)Oc2c(OC)c(OC)c(OC(C)=O)c3cccc(C#N)c23)cc1. The van der Waals surface area contributed by atoms with Crippen LogP contribution in [0.2, 0.25) is 0 Å². The summed E-state index contributed by atoms with van der Waals surface area (Å²) in [5, 5.41) is 10.7. The molecular formula is C24H23NO6. The largest absolute Gasteiger partial charge is 0.497 e. The fraction of sp³-hybridized carbons (Fsp3) is 0.250. The van der Waals surface area contributed by atoms with Gasteiger partial charge in [-0.1, -0.05) is 24.3 Å². The van der Waals surface area contributed by atoms with E-state index in [1.807, 2.05) is 31.2 Å². The van der Waals surface area contributed by atoms with Crippen LogP contribution in [0.25, 0.3) is 10.8 Å². The third-order valence-corrected chi connectivity index (χ3v) is 4.81. The number of rotatable bonds is 7. The summed E-state index contributed by atoms with van der Waals surface area (Å²) in [6, 6.07) is 14.8. The molecule has 31 heavy (non-hydrogen) atoms. The number of benzene rings is 3. The summed E-state index contributed by atoms with van der Waals surface area (Å²) < 4.78 is 28.1. The van der Waals surface area contributed by atoms with Gasteiger partial charge in [-0.15, -0.1) is 0 Å². The molecule has 0 radical (unpaired) electrons. The van der Waals surface area contributed by atoms with Gasteiger partial charge in [0.1, 0.15) is 11.9 Å². The van der Waals surface area contributed by atoms with Crippen molar-refractivity contribution in [3.63, 3.8) is 0 Å². The third kappa shape index (κ3) is 4.19. The first-order valence-electron chi connectivity index (χ1n) is 9.54. The van der Waals surface area contributed by atoms with Gasteiger partial charge in [0.25, 0.3) is 0 Å². The topological polar surface area (TPSA) is 87.0 Å². The number of fused-ring (bicyclic) bond motifs is 1. The third-order valence-electron chi connectivity index (χ3n) is 4.81. The highest BCUT2D eigenvalue weighted by Crippen LogP contribution is 2.52. The van der Waals surface area contributed by atoms with Crippen molar-refractivity contribution in [1.29, 1.82) is 5.26 Å². The Morgan fingerprint density at radius 1 is 0.903 bits per heavy atom. The molecule has 160 valence electrons. The Bertz CT molecular complexity index is 1150. The summed E-state index contributed by atoms with van der Waals surface area (Å²) in [7, 11) is 4.51. The normalized spacial score (nSPS) is 11.4. The lowest BCUT2D eigenvalue weighted by Gasteiger charge is -2.23. The maximum atomic E-state index is 11.8. The minimum atomic E-state index is -0.524. The summed E-state index contributed by atoms with van der Waals surface area (Å²) in [4.78, 5) is 11.8. The molecule has 3 aromatic rings. The average molecular weight is 421 g/mol. The Morgan fingerprint density at radius 2 is 1.55 bits per heavy atom. The molecule has 0 N–H and O–H groups in total. The molecule has 7 heteroatoms. The molecule has 0 aliphatic carbocycles.